The molecule has 0 aliphatic heterocycles. The highest BCUT2D eigenvalue weighted by Crippen LogP contribution is 2.11. The molecule has 4 nitrogen and oxygen atoms in total. The Morgan fingerprint density at radius 3 is 2.33 bits per heavy atom. The standard InChI is InChI=1S/C14H22N2O2/c1-10(2)13(14(17)18)16(3)9-8-11-4-6-12(15)7-5-11/h4-7,10,13H,8-9,15H2,1-3H3,(H,17,18). The van der Waals surface area contributed by atoms with E-state index >= 15 is 0 Å². The summed E-state index contributed by atoms with van der Waals surface area (Å²) < 4.78 is 0. The van der Waals surface area contributed by atoms with Crippen LogP contribution in [0.3, 0.4) is 0 Å². The molecule has 1 rings (SSSR count). The van der Waals surface area contributed by atoms with Crippen LogP contribution in [0.15, 0.2) is 24.3 Å². The second-order valence-electron chi connectivity index (χ2n) is 5.00. The molecule has 0 radical (unpaired) electrons. The minimum atomic E-state index is -0.759. The Kier molecular flexibility index (Phi) is 5.16. The molecule has 0 heterocycles. The molecule has 18 heavy (non-hydrogen) atoms. The molecule has 0 aliphatic carbocycles. The van der Waals surface area contributed by atoms with E-state index in [-0.39, 0.29) is 5.92 Å². The first kappa shape index (κ1) is 14.5. The van der Waals surface area contributed by atoms with E-state index in [9.17, 15) is 9.90 Å². The fourth-order valence-electron chi connectivity index (χ4n) is 2.11. The van der Waals surface area contributed by atoms with E-state index in [1.54, 1.807) is 0 Å². The van der Waals surface area contributed by atoms with Crippen molar-refractivity contribution in [2.75, 3.05) is 19.3 Å². The van der Waals surface area contributed by atoms with Gasteiger partial charge >= 0.3 is 5.97 Å². The molecule has 0 bridgehead atoms. The van der Waals surface area contributed by atoms with Crippen molar-refractivity contribution in [2.45, 2.75) is 26.3 Å². The molecule has 0 saturated heterocycles. The van der Waals surface area contributed by atoms with E-state index in [0.29, 0.717) is 0 Å². The maximum atomic E-state index is 11.2. The monoisotopic (exact) mass is 250 g/mol. The Hall–Kier alpha value is -1.55. The van der Waals surface area contributed by atoms with Crippen LogP contribution < -0.4 is 5.73 Å². The van der Waals surface area contributed by atoms with E-state index < -0.39 is 12.0 Å². The van der Waals surface area contributed by atoms with Crippen LogP contribution in [-0.4, -0.2) is 35.6 Å². The third kappa shape index (κ3) is 4.04. The number of carboxylic acids is 1. The lowest BCUT2D eigenvalue weighted by atomic mass is 10.0. The van der Waals surface area contributed by atoms with E-state index in [1.807, 2.05) is 50.1 Å². The molecule has 1 unspecified atom stereocenters. The number of benzene rings is 1. The normalized spacial score (nSPS) is 12.9. The number of aliphatic carboxylic acids is 1. The van der Waals surface area contributed by atoms with Crippen LogP contribution in [0.1, 0.15) is 19.4 Å². The number of nitrogens with zero attached hydrogens (tertiary/aromatic N) is 1. The minimum Gasteiger partial charge on any atom is -0.480 e. The first-order valence-electron chi connectivity index (χ1n) is 6.19. The maximum absolute atomic E-state index is 11.2. The lowest BCUT2D eigenvalue weighted by Gasteiger charge is -2.27. The summed E-state index contributed by atoms with van der Waals surface area (Å²) in [6.45, 7) is 4.58. The molecule has 1 aromatic rings. The Balaban J connectivity index is 2.56. The average molecular weight is 250 g/mol. The van der Waals surface area contributed by atoms with Gasteiger partial charge in [-0.2, -0.15) is 0 Å². The van der Waals surface area contributed by atoms with Crippen molar-refractivity contribution in [3.05, 3.63) is 29.8 Å². The number of hydrogen-bond donors (Lipinski definition) is 2. The molecule has 0 spiro atoms. The summed E-state index contributed by atoms with van der Waals surface area (Å²) in [5.74, 6) is -0.663. The number of anilines is 1. The van der Waals surface area contributed by atoms with Gasteiger partial charge in [-0.05, 0) is 37.1 Å². The quantitative estimate of drug-likeness (QED) is 0.756. The zero-order valence-electron chi connectivity index (χ0n) is 11.3. The Morgan fingerprint density at radius 1 is 1.33 bits per heavy atom. The molecule has 3 N–H and O–H groups in total. The van der Waals surface area contributed by atoms with Crippen molar-refractivity contribution in [2.24, 2.45) is 5.92 Å². The molecule has 1 atom stereocenters. The number of likely N-dealkylation sites (N-methyl/N-ethyl adjacent to an activating group) is 1. The van der Waals surface area contributed by atoms with Crippen molar-refractivity contribution in [1.82, 2.24) is 4.90 Å². The fourth-order valence-corrected chi connectivity index (χ4v) is 2.11. The van der Waals surface area contributed by atoms with Gasteiger partial charge in [-0.1, -0.05) is 26.0 Å². The van der Waals surface area contributed by atoms with E-state index in [2.05, 4.69) is 0 Å². The van der Waals surface area contributed by atoms with Gasteiger partial charge in [0.15, 0.2) is 0 Å². The second kappa shape index (κ2) is 6.40. The lowest BCUT2D eigenvalue weighted by molar-refractivity contribution is -0.144. The third-order valence-electron chi connectivity index (χ3n) is 3.09. The van der Waals surface area contributed by atoms with Crippen LogP contribution in [0, 0.1) is 5.92 Å². The predicted octanol–water partition coefficient (Wildman–Crippen LogP) is 1.85. The molecule has 100 valence electrons. The van der Waals surface area contributed by atoms with E-state index in [4.69, 9.17) is 5.73 Å². The van der Waals surface area contributed by atoms with Crippen molar-refractivity contribution in [3.63, 3.8) is 0 Å². The van der Waals surface area contributed by atoms with Gasteiger partial charge in [-0.3, -0.25) is 9.69 Å². The number of carbonyl (C=O) groups is 1. The number of rotatable bonds is 6. The number of carboxylic acid groups (broad SMARTS) is 1. The van der Waals surface area contributed by atoms with Crippen LogP contribution in [0.4, 0.5) is 5.69 Å². The molecule has 0 amide bonds. The van der Waals surface area contributed by atoms with Gasteiger partial charge in [0, 0.05) is 12.2 Å². The molecule has 4 heteroatoms. The van der Waals surface area contributed by atoms with Gasteiger partial charge in [0.2, 0.25) is 0 Å². The minimum absolute atomic E-state index is 0.0962. The highest BCUT2D eigenvalue weighted by Gasteiger charge is 2.25. The summed E-state index contributed by atoms with van der Waals surface area (Å²) in [6, 6.07) is 7.26. The first-order chi connectivity index (χ1) is 8.41. The summed E-state index contributed by atoms with van der Waals surface area (Å²) in [5, 5.41) is 9.19. The predicted molar refractivity (Wildman–Crippen MR) is 73.5 cm³/mol. The Bertz CT molecular complexity index is 387. The Labute approximate surface area is 108 Å². The largest absolute Gasteiger partial charge is 0.480 e. The van der Waals surface area contributed by atoms with Crippen molar-refractivity contribution in [1.29, 1.82) is 0 Å². The summed E-state index contributed by atoms with van der Waals surface area (Å²) in [7, 11) is 1.86. The summed E-state index contributed by atoms with van der Waals surface area (Å²) in [5.41, 5.74) is 7.54. The van der Waals surface area contributed by atoms with E-state index in [1.165, 1.54) is 5.56 Å². The summed E-state index contributed by atoms with van der Waals surface area (Å²) in [6.07, 6.45) is 0.827. The maximum Gasteiger partial charge on any atom is 0.321 e. The molecule has 0 aromatic heterocycles. The van der Waals surface area contributed by atoms with Crippen LogP contribution >= 0.6 is 0 Å². The molecule has 0 aliphatic rings. The van der Waals surface area contributed by atoms with Gasteiger partial charge in [-0.15, -0.1) is 0 Å². The SMILES string of the molecule is CC(C)C(C(=O)O)N(C)CCc1ccc(N)cc1. The van der Waals surface area contributed by atoms with Gasteiger partial charge in [0.1, 0.15) is 6.04 Å². The summed E-state index contributed by atoms with van der Waals surface area (Å²) >= 11 is 0. The smallest absolute Gasteiger partial charge is 0.321 e. The molecule has 1 aromatic carbocycles. The fraction of sp³-hybridized carbons (Fsp3) is 0.500. The Morgan fingerprint density at radius 2 is 1.89 bits per heavy atom. The molecular formula is C14H22N2O2. The van der Waals surface area contributed by atoms with Gasteiger partial charge < -0.3 is 10.8 Å². The van der Waals surface area contributed by atoms with Crippen LogP contribution in [-0.2, 0) is 11.2 Å². The second-order valence-corrected chi connectivity index (χ2v) is 5.00. The zero-order chi connectivity index (χ0) is 13.7. The molecule has 0 saturated carbocycles. The lowest BCUT2D eigenvalue weighted by Crippen LogP contribution is -2.43. The number of hydrogen-bond acceptors (Lipinski definition) is 3. The van der Waals surface area contributed by atoms with Crippen LogP contribution in [0.5, 0.6) is 0 Å². The van der Waals surface area contributed by atoms with Crippen molar-refractivity contribution < 1.29 is 9.90 Å². The van der Waals surface area contributed by atoms with Crippen LogP contribution in [0.25, 0.3) is 0 Å². The average Bonchev–Trinajstić information content (AvgIpc) is 2.27. The van der Waals surface area contributed by atoms with E-state index in [0.717, 1.165) is 18.7 Å². The molecular weight excluding hydrogens is 228 g/mol. The molecule has 0 fully saturated rings. The van der Waals surface area contributed by atoms with Gasteiger partial charge in [0.25, 0.3) is 0 Å². The third-order valence-corrected chi connectivity index (χ3v) is 3.09. The number of nitrogen functional groups attached to an aromatic ring is 1. The van der Waals surface area contributed by atoms with Gasteiger partial charge in [0.05, 0.1) is 0 Å². The van der Waals surface area contributed by atoms with Crippen molar-refractivity contribution >= 4 is 11.7 Å². The van der Waals surface area contributed by atoms with Gasteiger partial charge in [-0.25, -0.2) is 0 Å². The van der Waals surface area contributed by atoms with Crippen LogP contribution in [0.2, 0.25) is 0 Å². The highest BCUT2D eigenvalue weighted by atomic mass is 16.4. The summed E-state index contributed by atoms with van der Waals surface area (Å²) in [4.78, 5) is 13.1. The zero-order valence-corrected chi connectivity index (χ0v) is 11.3. The first-order valence-corrected chi connectivity index (χ1v) is 6.19. The number of nitrogens with two attached hydrogens (primary N) is 1. The topological polar surface area (TPSA) is 66.6 Å². The van der Waals surface area contributed by atoms with Crippen molar-refractivity contribution in [3.8, 4) is 0 Å². The highest BCUT2D eigenvalue weighted by molar-refractivity contribution is 5.73.